The molecule has 0 aliphatic carbocycles. The van der Waals surface area contributed by atoms with Gasteiger partial charge in [-0.15, -0.1) is 0 Å². The maximum atomic E-state index is 12.3. The number of nitrogens with one attached hydrogen (secondary N) is 2. The smallest absolute Gasteiger partial charge is 0.244 e. The van der Waals surface area contributed by atoms with Crippen LogP contribution < -0.4 is 10.6 Å². The lowest BCUT2D eigenvalue weighted by Gasteiger charge is -2.35. The van der Waals surface area contributed by atoms with E-state index >= 15 is 0 Å². The highest BCUT2D eigenvalue weighted by Gasteiger charge is 2.23. The Bertz CT molecular complexity index is 842. The monoisotopic (exact) mass is 411 g/mol. The number of amides is 2. The third-order valence-corrected chi connectivity index (χ3v) is 5.00. The topological polar surface area (TPSA) is 83.8 Å². The fourth-order valence-corrected chi connectivity index (χ4v) is 3.43. The van der Waals surface area contributed by atoms with Gasteiger partial charge in [-0.3, -0.25) is 14.5 Å². The van der Waals surface area contributed by atoms with Crippen LogP contribution in [0.1, 0.15) is 29.3 Å². The van der Waals surface area contributed by atoms with Crippen LogP contribution in [0.2, 0.25) is 0 Å². The Morgan fingerprint density at radius 1 is 1.17 bits per heavy atom. The van der Waals surface area contributed by atoms with Gasteiger partial charge in [-0.25, -0.2) is 0 Å². The lowest BCUT2D eigenvalue weighted by molar-refractivity contribution is -0.121. The molecule has 2 N–H and O–H groups in total. The molecule has 2 amide bonds. The zero-order valence-corrected chi connectivity index (χ0v) is 17.3. The summed E-state index contributed by atoms with van der Waals surface area (Å²) in [6.45, 7) is 5.96. The molecule has 0 saturated carbocycles. The summed E-state index contributed by atoms with van der Waals surface area (Å²) in [4.78, 5) is 26.5. The molecular weight excluding hydrogens is 382 g/mol. The standard InChI is InChI=1S/C23H29N3O4/c1-18-4-2-5-19(16-18)21(26-11-14-29-15-12-26)17-25-23(28)9-10-24-22(27)8-7-20-6-3-13-30-20/h2-8,13,16,21H,9-12,14-15,17H2,1H3,(H,24,27)(H,25,28)/b8-7+. The van der Waals surface area contributed by atoms with Crippen molar-refractivity contribution in [2.24, 2.45) is 0 Å². The van der Waals surface area contributed by atoms with E-state index in [1.54, 1.807) is 24.5 Å². The molecule has 0 spiro atoms. The van der Waals surface area contributed by atoms with Crippen molar-refractivity contribution in [2.75, 3.05) is 39.4 Å². The van der Waals surface area contributed by atoms with E-state index in [2.05, 4.69) is 40.7 Å². The van der Waals surface area contributed by atoms with Crippen LogP contribution in [0.3, 0.4) is 0 Å². The minimum absolute atomic E-state index is 0.0868. The van der Waals surface area contributed by atoms with Crippen LogP contribution in [0, 0.1) is 6.92 Å². The van der Waals surface area contributed by atoms with Gasteiger partial charge in [0.25, 0.3) is 0 Å². The Morgan fingerprint density at radius 2 is 2.00 bits per heavy atom. The average molecular weight is 412 g/mol. The van der Waals surface area contributed by atoms with Crippen molar-refractivity contribution in [1.29, 1.82) is 0 Å². The van der Waals surface area contributed by atoms with E-state index in [1.807, 2.05) is 6.07 Å². The first-order chi connectivity index (χ1) is 14.6. The first-order valence-electron chi connectivity index (χ1n) is 10.3. The molecule has 1 saturated heterocycles. The number of hydrogen-bond donors (Lipinski definition) is 2. The van der Waals surface area contributed by atoms with Crippen LogP contribution in [0.5, 0.6) is 0 Å². The zero-order valence-electron chi connectivity index (χ0n) is 17.3. The SMILES string of the molecule is Cc1cccc(C(CNC(=O)CCNC(=O)/C=C/c2ccco2)N2CCOCC2)c1. The van der Waals surface area contributed by atoms with E-state index in [1.165, 1.54) is 17.2 Å². The van der Waals surface area contributed by atoms with Crippen LogP contribution in [0.4, 0.5) is 0 Å². The second-order valence-electron chi connectivity index (χ2n) is 7.27. The molecule has 0 radical (unpaired) electrons. The minimum Gasteiger partial charge on any atom is -0.465 e. The molecule has 1 atom stereocenters. The summed E-state index contributed by atoms with van der Waals surface area (Å²) in [6.07, 6.45) is 4.75. The summed E-state index contributed by atoms with van der Waals surface area (Å²) in [5.41, 5.74) is 2.39. The first-order valence-corrected chi connectivity index (χ1v) is 10.3. The molecule has 2 aromatic rings. The summed E-state index contributed by atoms with van der Waals surface area (Å²) >= 11 is 0. The Balaban J connectivity index is 1.46. The van der Waals surface area contributed by atoms with Gasteiger partial charge < -0.3 is 19.8 Å². The number of carbonyl (C=O) groups excluding carboxylic acids is 2. The molecule has 0 bridgehead atoms. The fraction of sp³-hybridized carbons (Fsp3) is 0.391. The van der Waals surface area contributed by atoms with Crippen molar-refractivity contribution in [3.8, 4) is 0 Å². The zero-order chi connectivity index (χ0) is 21.2. The van der Waals surface area contributed by atoms with Gasteiger partial charge in [-0.05, 0) is 30.7 Å². The second kappa shape index (κ2) is 11.3. The summed E-state index contributed by atoms with van der Waals surface area (Å²) in [7, 11) is 0. The molecule has 1 aromatic heterocycles. The number of benzene rings is 1. The van der Waals surface area contributed by atoms with Gasteiger partial charge in [0.15, 0.2) is 0 Å². The van der Waals surface area contributed by atoms with Crippen molar-refractivity contribution in [3.05, 3.63) is 65.6 Å². The molecule has 160 valence electrons. The number of furan rings is 1. The predicted molar refractivity (Wildman–Crippen MR) is 115 cm³/mol. The van der Waals surface area contributed by atoms with Gasteiger partial charge in [0.05, 0.1) is 25.5 Å². The molecule has 1 aliphatic heterocycles. The number of aryl methyl sites for hydroxylation is 1. The third kappa shape index (κ3) is 6.86. The second-order valence-corrected chi connectivity index (χ2v) is 7.27. The van der Waals surface area contributed by atoms with Gasteiger partial charge in [-0.2, -0.15) is 0 Å². The summed E-state index contributed by atoms with van der Waals surface area (Å²) in [6, 6.07) is 12.0. The number of ether oxygens (including phenoxy) is 1. The molecule has 1 aliphatic rings. The van der Waals surface area contributed by atoms with Gasteiger partial charge in [0, 0.05) is 38.7 Å². The van der Waals surface area contributed by atoms with Crippen LogP contribution >= 0.6 is 0 Å². The van der Waals surface area contributed by atoms with Crippen LogP contribution in [-0.4, -0.2) is 56.1 Å². The summed E-state index contributed by atoms with van der Waals surface area (Å²) < 4.78 is 10.6. The fourth-order valence-electron chi connectivity index (χ4n) is 3.43. The van der Waals surface area contributed by atoms with Gasteiger partial charge in [-0.1, -0.05) is 29.8 Å². The van der Waals surface area contributed by atoms with Gasteiger partial charge in [0.1, 0.15) is 5.76 Å². The highest BCUT2D eigenvalue weighted by Crippen LogP contribution is 2.22. The van der Waals surface area contributed by atoms with E-state index in [9.17, 15) is 9.59 Å². The maximum Gasteiger partial charge on any atom is 0.244 e. The molecule has 3 rings (SSSR count). The highest BCUT2D eigenvalue weighted by molar-refractivity contribution is 5.91. The van der Waals surface area contributed by atoms with E-state index < -0.39 is 0 Å². The van der Waals surface area contributed by atoms with Crippen LogP contribution in [0.25, 0.3) is 6.08 Å². The van der Waals surface area contributed by atoms with Crippen LogP contribution in [-0.2, 0) is 14.3 Å². The molecular formula is C23H29N3O4. The van der Waals surface area contributed by atoms with E-state index in [0.717, 1.165) is 13.1 Å². The van der Waals surface area contributed by atoms with Crippen molar-refractivity contribution < 1.29 is 18.7 Å². The van der Waals surface area contributed by atoms with Gasteiger partial charge in [0.2, 0.25) is 11.8 Å². The number of morpholine rings is 1. The van der Waals surface area contributed by atoms with Crippen molar-refractivity contribution >= 4 is 17.9 Å². The molecule has 1 aromatic carbocycles. The molecule has 1 unspecified atom stereocenters. The molecule has 2 heterocycles. The van der Waals surface area contributed by atoms with Crippen molar-refractivity contribution in [1.82, 2.24) is 15.5 Å². The number of rotatable bonds is 9. The quantitative estimate of drug-likeness (QED) is 0.619. The number of nitrogens with zero attached hydrogens (tertiary/aromatic N) is 1. The molecule has 7 heteroatoms. The van der Waals surface area contributed by atoms with E-state index in [0.29, 0.717) is 25.5 Å². The van der Waals surface area contributed by atoms with Gasteiger partial charge >= 0.3 is 0 Å². The summed E-state index contributed by atoms with van der Waals surface area (Å²) in [5, 5.41) is 5.73. The predicted octanol–water partition coefficient (Wildman–Crippen LogP) is 2.30. The lowest BCUT2D eigenvalue weighted by atomic mass is 10.0. The highest BCUT2D eigenvalue weighted by atomic mass is 16.5. The largest absolute Gasteiger partial charge is 0.465 e. The molecule has 7 nitrogen and oxygen atoms in total. The van der Waals surface area contributed by atoms with Crippen molar-refractivity contribution in [3.63, 3.8) is 0 Å². The third-order valence-electron chi connectivity index (χ3n) is 5.00. The lowest BCUT2D eigenvalue weighted by Crippen LogP contribution is -2.44. The maximum absolute atomic E-state index is 12.3. The number of hydrogen-bond acceptors (Lipinski definition) is 5. The van der Waals surface area contributed by atoms with E-state index in [-0.39, 0.29) is 30.8 Å². The first kappa shape index (κ1) is 21.8. The molecule has 30 heavy (non-hydrogen) atoms. The minimum atomic E-state index is -0.259. The number of carbonyl (C=O) groups is 2. The Morgan fingerprint density at radius 3 is 2.73 bits per heavy atom. The normalized spacial score (nSPS) is 15.8. The van der Waals surface area contributed by atoms with Crippen molar-refractivity contribution in [2.45, 2.75) is 19.4 Å². The van der Waals surface area contributed by atoms with E-state index in [4.69, 9.17) is 9.15 Å². The average Bonchev–Trinajstić information content (AvgIpc) is 3.27. The Kier molecular flexibility index (Phi) is 8.23. The Labute approximate surface area is 177 Å². The summed E-state index contributed by atoms with van der Waals surface area (Å²) in [5.74, 6) is 0.259. The Hall–Kier alpha value is -2.90. The van der Waals surface area contributed by atoms with Crippen LogP contribution in [0.15, 0.2) is 53.2 Å². The molecule has 1 fully saturated rings.